The lowest BCUT2D eigenvalue weighted by Gasteiger charge is -2.17. The molecule has 0 radical (unpaired) electrons. The Hall–Kier alpha value is -3.40. The standard InChI is InChI=1S/C21H24N4O5S/c1-3-4-5-8-15-11-16(26)17(14-9-6-7-13(2)10-14)18(27)19(15)31(29,30)25-21(28)20-22-12-23-24-20/h6-7,9-12,26-27H,3-5,8H2,1-2H3,(H,25,28)(H,22,23,24). The Morgan fingerprint density at radius 3 is 2.61 bits per heavy atom. The molecule has 0 saturated carbocycles. The number of unbranched alkanes of at least 4 members (excludes halogenated alkanes) is 2. The minimum Gasteiger partial charge on any atom is -0.507 e. The lowest BCUT2D eigenvalue weighted by Crippen LogP contribution is -2.32. The number of rotatable bonds is 8. The van der Waals surface area contributed by atoms with Gasteiger partial charge in [0, 0.05) is 0 Å². The Balaban J connectivity index is 2.14. The number of phenolic OH excluding ortho intramolecular Hbond substituents is 2. The van der Waals surface area contributed by atoms with E-state index in [2.05, 4.69) is 15.2 Å². The van der Waals surface area contributed by atoms with Crippen molar-refractivity contribution < 1.29 is 23.4 Å². The van der Waals surface area contributed by atoms with Crippen molar-refractivity contribution in [1.82, 2.24) is 19.9 Å². The fraction of sp³-hybridized carbons (Fsp3) is 0.286. The quantitative estimate of drug-likeness (QED) is 0.391. The van der Waals surface area contributed by atoms with Gasteiger partial charge in [-0.2, -0.15) is 5.10 Å². The first-order valence-corrected chi connectivity index (χ1v) is 11.3. The molecule has 10 heteroatoms. The summed E-state index contributed by atoms with van der Waals surface area (Å²) in [5.74, 6) is -2.15. The zero-order chi connectivity index (χ0) is 22.6. The predicted octanol–water partition coefficient (Wildman–Crippen LogP) is 3.04. The van der Waals surface area contributed by atoms with Gasteiger partial charge in [-0.05, 0) is 37.0 Å². The zero-order valence-electron chi connectivity index (χ0n) is 17.2. The third kappa shape index (κ3) is 4.85. The molecular formula is C21H24N4O5S. The SMILES string of the molecule is CCCCCc1cc(O)c(-c2cccc(C)c2)c(O)c1S(=O)(=O)NC(=O)c1ncn[nH]1. The minimum atomic E-state index is -4.49. The van der Waals surface area contributed by atoms with Crippen LogP contribution < -0.4 is 4.72 Å². The van der Waals surface area contributed by atoms with Crippen LogP contribution in [0, 0.1) is 6.92 Å². The summed E-state index contributed by atoms with van der Waals surface area (Å²) in [5, 5.41) is 27.5. The highest BCUT2D eigenvalue weighted by Crippen LogP contribution is 2.44. The number of aromatic hydroxyl groups is 2. The molecule has 1 amide bonds. The molecule has 0 aliphatic rings. The van der Waals surface area contributed by atoms with E-state index in [1.807, 2.05) is 24.6 Å². The van der Waals surface area contributed by atoms with Gasteiger partial charge in [0.15, 0.2) is 0 Å². The van der Waals surface area contributed by atoms with Crippen molar-refractivity contribution in [2.75, 3.05) is 0 Å². The van der Waals surface area contributed by atoms with Crippen molar-refractivity contribution in [3.05, 3.63) is 53.6 Å². The van der Waals surface area contributed by atoms with E-state index >= 15 is 0 Å². The first kappa shape index (κ1) is 22.3. The molecule has 0 fully saturated rings. The van der Waals surface area contributed by atoms with Crippen LogP contribution in [0.3, 0.4) is 0 Å². The molecule has 0 saturated heterocycles. The molecule has 1 heterocycles. The Morgan fingerprint density at radius 2 is 1.97 bits per heavy atom. The van der Waals surface area contributed by atoms with Crippen LogP contribution in [0.4, 0.5) is 0 Å². The second kappa shape index (κ2) is 9.17. The van der Waals surface area contributed by atoms with Gasteiger partial charge in [0.05, 0.1) is 5.56 Å². The number of carbonyl (C=O) groups is 1. The van der Waals surface area contributed by atoms with Crippen LogP contribution in [0.2, 0.25) is 0 Å². The van der Waals surface area contributed by atoms with Crippen molar-refractivity contribution in [2.24, 2.45) is 0 Å². The van der Waals surface area contributed by atoms with Gasteiger partial charge in [0.1, 0.15) is 22.7 Å². The summed E-state index contributed by atoms with van der Waals surface area (Å²) in [6.45, 7) is 3.84. The average Bonchev–Trinajstić information content (AvgIpc) is 3.22. The number of phenols is 2. The molecule has 0 aliphatic carbocycles. The largest absolute Gasteiger partial charge is 0.507 e. The van der Waals surface area contributed by atoms with Gasteiger partial charge in [0.2, 0.25) is 5.82 Å². The molecule has 0 bridgehead atoms. The molecule has 164 valence electrons. The van der Waals surface area contributed by atoms with Crippen molar-refractivity contribution in [2.45, 2.75) is 44.4 Å². The Bertz CT molecular complexity index is 1190. The molecular weight excluding hydrogens is 420 g/mol. The summed E-state index contributed by atoms with van der Waals surface area (Å²) in [7, 11) is -4.49. The molecule has 0 spiro atoms. The number of amides is 1. The second-order valence-electron chi connectivity index (χ2n) is 7.20. The van der Waals surface area contributed by atoms with Crippen LogP contribution in [-0.4, -0.2) is 39.7 Å². The highest BCUT2D eigenvalue weighted by atomic mass is 32.2. The van der Waals surface area contributed by atoms with E-state index in [0.29, 0.717) is 18.4 Å². The van der Waals surface area contributed by atoms with Gasteiger partial charge in [-0.25, -0.2) is 18.1 Å². The number of H-pyrrole nitrogens is 1. The number of sulfonamides is 1. The molecule has 2 aromatic carbocycles. The van der Waals surface area contributed by atoms with E-state index in [0.717, 1.165) is 24.7 Å². The number of hydrogen-bond acceptors (Lipinski definition) is 7. The minimum absolute atomic E-state index is 0.0181. The topological polar surface area (TPSA) is 145 Å². The number of aromatic nitrogens is 3. The van der Waals surface area contributed by atoms with E-state index in [4.69, 9.17) is 0 Å². The number of carbonyl (C=O) groups excluding carboxylic acids is 1. The first-order chi connectivity index (χ1) is 14.7. The fourth-order valence-corrected chi connectivity index (χ4v) is 4.67. The summed E-state index contributed by atoms with van der Waals surface area (Å²) in [4.78, 5) is 15.5. The van der Waals surface area contributed by atoms with Crippen LogP contribution in [0.5, 0.6) is 11.5 Å². The van der Waals surface area contributed by atoms with Crippen LogP contribution in [0.15, 0.2) is 41.6 Å². The molecule has 4 N–H and O–H groups in total. The Morgan fingerprint density at radius 1 is 1.19 bits per heavy atom. The summed E-state index contributed by atoms with van der Waals surface area (Å²) in [6, 6.07) is 8.28. The molecule has 9 nitrogen and oxygen atoms in total. The molecule has 0 aliphatic heterocycles. The third-order valence-corrected chi connectivity index (χ3v) is 6.24. The lowest BCUT2D eigenvalue weighted by atomic mass is 9.97. The van der Waals surface area contributed by atoms with Crippen LogP contribution in [-0.2, 0) is 16.4 Å². The summed E-state index contributed by atoms with van der Waals surface area (Å²) in [6.07, 6.45) is 3.77. The number of aromatic amines is 1. The second-order valence-corrected chi connectivity index (χ2v) is 8.82. The first-order valence-electron chi connectivity index (χ1n) is 9.82. The summed E-state index contributed by atoms with van der Waals surface area (Å²) >= 11 is 0. The Kier molecular flexibility index (Phi) is 6.59. The molecule has 31 heavy (non-hydrogen) atoms. The van der Waals surface area contributed by atoms with Gasteiger partial charge in [-0.15, -0.1) is 0 Å². The normalized spacial score (nSPS) is 11.4. The van der Waals surface area contributed by atoms with Crippen LogP contribution >= 0.6 is 0 Å². The lowest BCUT2D eigenvalue weighted by molar-refractivity contribution is 0.0971. The molecule has 1 aromatic heterocycles. The van der Waals surface area contributed by atoms with E-state index in [9.17, 15) is 23.4 Å². The van der Waals surface area contributed by atoms with Gasteiger partial charge in [-0.1, -0.05) is 49.6 Å². The maximum atomic E-state index is 13.1. The highest BCUT2D eigenvalue weighted by Gasteiger charge is 2.30. The van der Waals surface area contributed by atoms with Crippen LogP contribution in [0.25, 0.3) is 11.1 Å². The number of nitrogens with one attached hydrogen (secondary N) is 2. The third-order valence-electron chi connectivity index (χ3n) is 4.79. The van der Waals surface area contributed by atoms with Crippen molar-refractivity contribution >= 4 is 15.9 Å². The molecule has 3 aromatic rings. The van der Waals surface area contributed by atoms with Gasteiger partial charge in [0.25, 0.3) is 10.0 Å². The Labute approximate surface area is 180 Å². The maximum absolute atomic E-state index is 13.1. The van der Waals surface area contributed by atoms with E-state index in [1.165, 1.54) is 6.07 Å². The van der Waals surface area contributed by atoms with Crippen molar-refractivity contribution in [3.8, 4) is 22.6 Å². The van der Waals surface area contributed by atoms with E-state index in [1.54, 1.807) is 18.2 Å². The predicted molar refractivity (Wildman–Crippen MR) is 114 cm³/mol. The molecule has 0 atom stereocenters. The van der Waals surface area contributed by atoms with Gasteiger partial charge < -0.3 is 10.2 Å². The summed E-state index contributed by atoms with van der Waals surface area (Å²) in [5.41, 5.74) is 1.52. The fourth-order valence-electron chi connectivity index (χ4n) is 3.36. The van der Waals surface area contributed by atoms with Crippen molar-refractivity contribution in [3.63, 3.8) is 0 Å². The van der Waals surface area contributed by atoms with Gasteiger partial charge in [-0.3, -0.25) is 9.89 Å². The highest BCUT2D eigenvalue weighted by molar-refractivity contribution is 7.90. The molecule has 3 rings (SSSR count). The van der Waals surface area contributed by atoms with Crippen LogP contribution in [0.1, 0.15) is 47.9 Å². The number of nitrogens with zero attached hydrogens (tertiary/aromatic N) is 2. The number of hydrogen-bond donors (Lipinski definition) is 4. The average molecular weight is 445 g/mol. The molecule has 0 unspecified atom stereocenters. The van der Waals surface area contributed by atoms with E-state index in [-0.39, 0.29) is 22.7 Å². The number of benzene rings is 2. The summed E-state index contributed by atoms with van der Waals surface area (Å²) < 4.78 is 28.2. The number of aryl methyl sites for hydroxylation is 2. The smallest absolute Gasteiger partial charge is 0.302 e. The van der Waals surface area contributed by atoms with E-state index < -0.39 is 26.6 Å². The zero-order valence-corrected chi connectivity index (χ0v) is 18.0. The maximum Gasteiger partial charge on any atom is 0.302 e. The van der Waals surface area contributed by atoms with Crippen molar-refractivity contribution in [1.29, 1.82) is 0 Å². The monoisotopic (exact) mass is 444 g/mol. The van der Waals surface area contributed by atoms with Gasteiger partial charge >= 0.3 is 5.91 Å².